The third-order valence-corrected chi connectivity index (χ3v) is 6.46. The Labute approximate surface area is 184 Å². The number of carbonyl (C=O) groups excluding carboxylic acids is 1. The monoisotopic (exact) mass is 421 g/mol. The van der Waals surface area contributed by atoms with Gasteiger partial charge in [0.1, 0.15) is 5.82 Å². The molecule has 164 valence electrons. The highest BCUT2D eigenvalue weighted by Gasteiger charge is 2.27. The van der Waals surface area contributed by atoms with Crippen LogP contribution in [0.2, 0.25) is 0 Å². The van der Waals surface area contributed by atoms with Crippen molar-refractivity contribution in [2.75, 3.05) is 31.2 Å². The minimum absolute atomic E-state index is 0.114. The van der Waals surface area contributed by atoms with Crippen LogP contribution in [0.4, 0.5) is 5.82 Å². The first-order valence-electron chi connectivity index (χ1n) is 11.6. The highest BCUT2D eigenvalue weighted by molar-refractivity contribution is 5.99. The van der Waals surface area contributed by atoms with Crippen LogP contribution in [0.25, 0.3) is 0 Å². The van der Waals surface area contributed by atoms with Gasteiger partial charge in [0.15, 0.2) is 5.78 Å². The number of carbonyl (C=O) groups is 1. The van der Waals surface area contributed by atoms with Gasteiger partial charge in [0, 0.05) is 42.7 Å². The van der Waals surface area contributed by atoms with E-state index in [0.29, 0.717) is 25.6 Å². The molecule has 6 heteroatoms. The molecule has 2 aromatic heterocycles. The highest BCUT2D eigenvalue weighted by atomic mass is 16.5. The maximum absolute atomic E-state index is 13.4. The smallest absolute Gasteiger partial charge is 0.169 e. The summed E-state index contributed by atoms with van der Waals surface area (Å²) in [5, 5.41) is 0. The first-order valence-corrected chi connectivity index (χ1v) is 11.6. The lowest BCUT2D eigenvalue weighted by atomic mass is 9.96. The lowest BCUT2D eigenvalue weighted by molar-refractivity contribution is -0.00547. The van der Waals surface area contributed by atoms with E-state index in [1.807, 2.05) is 18.3 Å². The number of Topliss-reactive ketones (excluding diaryl/α,β-unsaturated/α-hetero) is 1. The molecule has 0 N–H and O–H groups in total. The summed E-state index contributed by atoms with van der Waals surface area (Å²) in [7, 11) is 0. The molecule has 0 amide bonds. The maximum atomic E-state index is 13.4. The Kier molecular flexibility index (Phi) is 5.76. The van der Waals surface area contributed by atoms with Crippen molar-refractivity contribution in [3.63, 3.8) is 0 Å². The third kappa shape index (κ3) is 4.65. The van der Waals surface area contributed by atoms with Crippen LogP contribution >= 0.6 is 0 Å². The van der Waals surface area contributed by atoms with Crippen LogP contribution in [-0.2, 0) is 28.7 Å². The Morgan fingerprint density at radius 1 is 1.13 bits per heavy atom. The number of anilines is 1. The Bertz CT molecular complexity index is 945. The number of hydrogen-bond donors (Lipinski definition) is 0. The van der Waals surface area contributed by atoms with Gasteiger partial charge < -0.3 is 14.4 Å². The second-order valence-corrected chi connectivity index (χ2v) is 9.19. The van der Waals surface area contributed by atoms with Crippen molar-refractivity contribution in [3.8, 4) is 0 Å². The fraction of sp³-hybridized carbons (Fsp3) is 0.560. The zero-order valence-electron chi connectivity index (χ0n) is 18.5. The van der Waals surface area contributed by atoms with Crippen LogP contribution in [0.1, 0.15) is 65.5 Å². The standard InChI is InChI=1S/C25H31N3O3/c1-16-14-28(15-17(2)31-16)25-12-22(21-7-9-30-10-8-23(21)27-25)24(29)11-20-6-5-19(13-26-20)18-3-4-18/h5-6,12-13,16-18H,3-4,7-11,14-15H2,1-2H3/t16-,17+. The number of rotatable bonds is 5. The van der Waals surface area contributed by atoms with Gasteiger partial charge in [-0.15, -0.1) is 0 Å². The lowest BCUT2D eigenvalue weighted by Crippen LogP contribution is -2.46. The van der Waals surface area contributed by atoms with Gasteiger partial charge in [0.25, 0.3) is 0 Å². The van der Waals surface area contributed by atoms with Crippen molar-refractivity contribution in [3.05, 3.63) is 52.5 Å². The molecule has 0 aromatic carbocycles. The molecule has 1 aliphatic carbocycles. The minimum atomic E-state index is 0.114. The average Bonchev–Trinajstić information content (AvgIpc) is 3.60. The molecular formula is C25H31N3O3. The van der Waals surface area contributed by atoms with Crippen molar-refractivity contribution in [1.82, 2.24) is 9.97 Å². The average molecular weight is 422 g/mol. The van der Waals surface area contributed by atoms with E-state index in [1.165, 1.54) is 18.4 Å². The van der Waals surface area contributed by atoms with Gasteiger partial charge in [-0.3, -0.25) is 9.78 Å². The van der Waals surface area contributed by atoms with Gasteiger partial charge in [-0.05, 0) is 62.3 Å². The zero-order chi connectivity index (χ0) is 21.4. The quantitative estimate of drug-likeness (QED) is 0.689. The Balaban J connectivity index is 1.44. The molecule has 6 nitrogen and oxygen atoms in total. The fourth-order valence-corrected chi connectivity index (χ4v) is 4.77. The minimum Gasteiger partial charge on any atom is -0.381 e. The summed E-state index contributed by atoms with van der Waals surface area (Å²) in [6, 6.07) is 6.15. The number of ether oxygens (including phenoxy) is 2. The number of pyridine rings is 2. The van der Waals surface area contributed by atoms with E-state index in [-0.39, 0.29) is 18.0 Å². The van der Waals surface area contributed by atoms with E-state index in [2.05, 4.69) is 29.8 Å². The largest absolute Gasteiger partial charge is 0.381 e. The summed E-state index contributed by atoms with van der Waals surface area (Å²) >= 11 is 0. The number of aromatic nitrogens is 2. The van der Waals surface area contributed by atoms with Crippen molar-refractivity contribution >= 4 is 11.6 Å². The van der Waals surface area contributed by atoms with E-state index in [1.54, 1.807) is 0 Å². The summed E-state index contributed by atoms with van der Waals surface area (Å²) in [6.45, 7) is 7.02. The van der Waals surface area contributed by atoms with Crippen LogP contribution in [0.15, 0.2) is 24.4 Å². The van der Waals surface area contributed by atoms with Crippen LogP contribution in [0.5, 0.6) is 0 Å². The Morgan fingerprint density at radius 2 is 1.90 bits per heavy atom. The Morgan fingerprint density at radius 3 is 2.61 bits per heavy atom. The summed E-state index contributed by atoms with van der Waals surface area (Å²) in [4.78, 5) is 25.3. The molecule has 31 heavy (non-hydrogen) atoms. The molecule has 2 fully saturated rings. The topological polar surface area (TPSA) is 64.6 Å². The van der Waals surface area contributed by atoms with Crippen LogP contribution < -0.4 is 4.90 Å². The molecule has 0 radical (unpaired) electrons. The first-order chi connectivity index (χ1) is 15.1. The molecule has 0 spiro atoms. The summed E-state index contributed by atoms with van der Waals surface area (Å²) in [5.74, 6) is 1.67. The lowest BCUT2D eigenvalue weighted by Gasteiger charge is -2.36. The SMILES string of the molecule is C[C@@H]1CN(c2cc(C(=O)Cc3ccc(C4CC4)cn3)c3c(n2)CCOCC3)C[C@H](C)O1. The van der Waals surface area contributed by atoms with Gasteiger partial charge in [0.05, 0.1) is 31.8 Å². The maximum Gasteiger partial charge on any atom is 0.169 e. The van der Waals surface area contributed by atoms with Crippen molar-refractivity contribution < 1.29 is 14.3 Å². The van der Waals surface area contributed by atoms with Crippen LogP contribution in [-0.4, -0.2) is 54.3 Å². The van der Waals surface area contributed by atoms with Crippen LogP contribution in [0, 0.1) is 0 Å². The fourth-order valence-electron chi connectivity index (χ4n) is 4.77. The Hall–Kier alpha value is -2.31. The van der Waals surface area contributed by atoms with Crippen molar-refractivity contribution in [2.45, 2.75) is 64.1 Å². The predicted molar refractivity (Wildman–Crippen MR) is 119 cm³/mol. The van der Waals surface area contributed by atoms with Crippen LogP contribution in [0.3, 0.4) is 0 Å². The number of fused-ring (bicyclic) bond motifs is 1. The van der Waals surface area contributed by atoms with Gasteiger partial charge in [-0.2, -0.15) is 0 Å². The number of hydrogen-bond acceptors (Lipinski definition) is 6. The predicted octanol–water partition coefficient (Wildman–Crippen LogP) is 3.51. The number of nitrogens with zero attached hydrogens (tertiary/aromatic N) is 3. The second-order valence-electron chi connectivity index (χ2n) is 9.19. The molecule has 5 rings (SSSR count). The van der Waals surface area contributed by atoms with E-state index >= 15 is 0 Å². The number of ketones is 1. The van der Waals surface area contributed by atoms with Crippen molar-refractivity contribution in [1.29, 1.82) is 0 Å². The molecule has 1 saturated heterocycles. The molecule has 1 saturated carbocycles. The van der Waals surface area contributed by atoms with Gasteiger partial charge in [-0.1, -0.05) is 6.07 Å². The first kappa shape index (κ1) is 20.6. The van der Waals surface area contributed by atoms with E-state index < -0.39 is 0 Å². The summed E-state index contributed by atoms with van der Waals surface area (Å²) in [6.07, 6.45) is 6.53. The second kappa shape index (κ2) is 8.67. The molecule has 4 heterocycles. The van der Waals surface area contributed by atoms with E-state index in [9.17, 15) is 4.79 Å². The normalized spacial score (nSPS) is 23.9. The molecule has 0 bridgehead atoms. The third-order valence-electron chi connectivity index (χ3n) is 6.46. The molecule has 3 aliphatic rings. The van der Waals surface area contributed by atoms with Gasteiger partial charge in [-0.25, -0.2) is 4.98 Å². The molecule has 2 aliphatic heterocycles. The van der Waals surface area contributed by atoms with Gasteiger partial charge >= 0.3 is 0 Å². The zero-order valence-corrected chi connectivity index (χ0v) is 18.5. The van der Waals surface area contributed by atoms with E-state index in [0.717, 1.165) is 54.3 Å². The molecule has 0 unspecified atom stereocenters. The molecular weight excluding hydrogens is 390 g/mol. The summed E-state index contributed by atoms with van der Waals surface area (Å²) < 4.78 is 11.6. The van der Waals surface area contributed by atoms with E-state index in [4.69, 9.17) is 14.5 Å². The number of morpholine rings is 1. The summed E-state index contributed by atoms with van der Waals surface area (Å²) in [5.41, 5.74) is 4.96. The molecule has 2 aromatic rings. The van der Waals surface area contributed by atoms with Gasteiger partial charge in [0.2, 0.25) is 0 Å². The van der Waals surface area contributed by atoms with Crippen molar-refractivity contribution in [2.24, 2.45) is 0 Å². The highest BCUT2D eigenvalue weighted by Crippen LogP contribution is 2.39. The molecule has 2 atom stereocenters.